The standard InChI is InChI=1S/C27H35ClF3N5O/c1-6-17(3)25(34-13-20(28)7-2)35-15-23-18(4)12-27(30,31)16-36(23)26(37)24(32)22(14-33-5)19-8-10-21(29)11-9-19/h7-11,13-14,18,23,32-33,35H,6,12,15-16H2,1-5H3/b20-7+,22-14-,25-17+,32-24?,34-13-. The SMILES string of the molecule is C\C=C(Cl)/C=N\C(NCC1C(C)CC(F)(F)CN1C(=O)C(=N)/C(=C\NC)c1ccc(F)cc1)=C(\C)CC. The Morgan fingerprint density at radius 2 is 1.97 bits per heavy atom. The van der Waals surface area contributed by atoms with Gasteiger partial charge in [-0.15, -0.1) is 0 Å². The van der Waals surface area contributed by atoms with E-state index in [-0.39, 0.29) is 18.5 Å². The lowest BCUT2D eigenvalue weighted by atomic mass is 9.87. The smallest absolute Gasteiger partial charge is 0.272 e. The molecule has 0 spiro atoms. The highest BCUT2D eigenvalue weighted by molar-refractivity contribution is 6.54. The molecule has 6 nitrogen and oxygen atoms in total. The van der Waals surface area contributed by atoms with E-state index in [4.69, 9.17) is 17.0 Å². The minimum atomic E-state index is -3.09. The molecule has 1 aliphatic rings. The van der Waals surface area contributed by atoms with E-state index in [1.807, 2.05) is 13.8 Å². The quantitative estimate of drug-likeness (QED) is 0.334. The molecular formula is C27H35ClF3N5O. The number of likely N-dealkylation sites (tertiary alicyclic amines) is 1. The predicted molar refractivity (Wildman–Crippen MR) is 144 cm³/mol. The van der Waals surface area contributed by atoms with Gasteiger partial charge in [0.2, 0.25) is 0 Å². The van der Waals surface area contributed by atoms with Crippen LogP contribution < -0.4 is 10.6 Å². The summed E-state index contributed by atoms with van der Waals surface area (Å²) in [5.41, 5.74) is 1.06. The second-order valence-corrected chi connectivity index (χ2v) is 9.50. The molecule has 1 aromatic carbocycles. The molecule has 37 heavy (non-hydrogen) atoms. The lowest BCUT2D eigenvalue weighted by molar-refractivity contribution is -0.145. The first-order chi connectivity index (χ1) is 17.4. The van der Waals surface area contributed by atoms with E-state index in [0.717, 1.165) is 10.5 Å². The highest BCUT2D eigenvalue weighted by Gasteiger charge is 2.46. The van der Waals surface area contributed by atoms with Crippen LogP contribution in [0, 0.1) is 17.1 Å². The zero-order valence-electron chi connectivity index (χ0n) is 21.8. The topological polar surface area (TPSA) is 80.6 Å². The largest absolute Gasteiger partial charge is 0.393 e. The Balaban J connectivity index is 2.38. The van der Waals surface area contributed by atoms with E-state index in [1.54, 1.807) is 27.0 Å². The molecule has 0 radical (unpaired) electrons. The Labute approximate surface area is 221 Å². The Hall–Kier alpha value is -3.07. The normalized spacial score (nSPS) is 21.1. The molecule has 10 heteroatoms. The van der Waals surface area contributed by atoms with Gasteiger partial charge in [0.25, 0.3) is 11.8 Å². The van der Waals surface area contributed by atoms with Crippen LogP contribution in [0.25, 0.3) is 5.57 Å². The molecule has 0 aromatic heterocycles. The Morgan fingerprint density at radius 3 is 2.54 bits per heavy atom. The molecule has 202 valence electrons. The van der Waals surface area contributed by atoms with Crippen LogP contribution in [-0.2, 0) is 4.79 Å². The summed E-state index contributed by atoms with van der Waals surface area (Å²) in [6.45, 7) is 6.68. The van der Waals surface area contributed by atoms with E-state index in [1.165, 1.54) is 36.7 Å². The summed E-state index contributed by atoms with van der Waals surface area (Å²) >= 11 is 6.05. The first-order valence-corrected chi connectivity index (χ1v) is 12.5. The molecule has 1 aliphatic heterocycles. The molecule has 1 heterocycles. The van der Waals surface area contributed by atoms with Crippen molar-refractivity contribution >= 4 is 35.0 Å². The Kier molecular flexibility index (Phi) is 11.0. The highest BCUT2D eigenvalue weighted by atomic mass is 35.5. The number of halogens is 4. The van der Waals surface area contributed by atoms with Gasteiger partial charge in [0, 0.05) is 38.0 Å². The number of carbonyl (C=O) groups is 1. The van der Waals surface area contributed by atoms with Gasteiger partial charge in [0.05, 0.1) is 17.6 Å². The maximum absolute atomic E-state index is 14.6. The van der Waals surface area contributed by atoms with Crippen LogP contribution in [0.3, 0.4) is 0 Å². The molecule has 0 saturated carbocycles. The molecule has 2 unspecified atom stereocenters. The van der Waals surface area contributed by atoms with Crippen LogP contribution >= 0.6 is 11.6 Å². The number of aliphatic imine (C=N–C) groups is 1. The molecule has 2 rings (SSSR count). The van der Waals surface area contributed by atoms with E-state index in [0.29, 0.717) is 22.8 Å². The van der Waals surface area contributed by atoms with E-state index >= 15 is 0 Å². The van der Waals surface area contributed by atoms with Crippen molar-refractivity contribution < 1.29 is 18.0 Å². The van der Waals surface area contributed by atoms with Gasteiger partial charge >= 0.3 is 0 Å². The number of alkyl halides is 2. The van der Waals surface area contributed by atoms with E-state index in [2.05, 4.69) is 15.6 Å². The molecule has 1 fully saturated rings. The fraction of sp³-hybridized carbons (Fsp3) is 0.444. The second kappa shape index (κ2) is 13.5. The number of allylic oxidation sites excluding steroid dienone is 3. The molecular weight excluding hydrogens is 503 g/mol. The van der Waals surface area contributed by atoms with Crippen molar-refractivity contribution in [2.24, 2.45) is 10.9 Å². The lowest BCUT2D eigenvalue weighted by Crippen LogP contribution is -2.59. The number of nitrogens with one attached hydrogen (secondary N) is 3. The van der Waals surface area contributed by atoms with Gasteiger partial charge in [-0.3, -0.25) is 10.2 Å². The number of rotatable bonds is 10. The first kappa shape index (κ1) is 30.2. The summed E-state index contributed by atoms with van der Waals surface area (Å²) in [6, 6.07) is 4.68. The number of carbonyl (C=O) groups excluding carboxylic acids is 1. The minimum absolute atomic E-state index is 0.162. The van der Waals surface area contributed by atoms with Gasteiger partial charge in [0.1, 0.15) is 17.3 Å². The van der Waals surface area contributed by atoms with Gasteiger partial charge in [-0.05, 0) is 49.5 Å². The summed E-state index contributed by atoms with van der Waals surface area (Å²) in [5.74, 6) is -4.39. The zero-order valence-corrected chi connectivity index (χ0v) is 22.6. The summed E-state index contributed by atoms with van der Waals surface area (Å²) in [4.78, 5) is 19.0. The molecule has 0 aliphatic carbocycles. The third kappa shape index (κ3) is 8.21. The van der Waals surface area contributed by atoms with Gasteiger partial charge in [-0.25, -0.2) is 18.2 Å². The second-order valence-electron chi connectivity index (χ2n) is 9.06. The van der Waals surface area contributed by atoms with Crippen molar-refractivity contribution in [1.82, 2.24) is 15.5 Å². The van der Waals surface area contributed by atoms with Gasteiger partial charge in [-0.2, -0.15) is 0 Å². The average Bonchev–Trinajstić information content (AvgIpc) is 2.86. The van der Waals surface area contributed by atoms with Crippen LogP contribution in [0.4, 0.5) is 13.2 Å². The first-order valence-electron chi connectivity index (χ1n) is 12.1. The van der Waals surface area contributed by atoms with Crippen molar-refractivity contribution in [3.8, 4) is 0 Å². The summed E-state index contributed by atoms with van der Waals surface area (Å²) < 4.78 is 42.7. The maximum Gasteiger partial charge on any atom is 0.272 e. The predicted octanol–water partition coefficient (Wildman–Crippen LogP) is 5.72. The van der Waals surface area contributed by atoms with E-state index in [9.17, 15) is 18.0 Å². The monoisotopic (exact) mass is 537 g/mol. The van der Waals surface area contributed by atoms with Crippen molar-refractivity contribution in [3.05, 3.63) is 64.3 Å². The van der Waals surface area contributed by atoms with Crippen LogP contribution in [-0.4, -0.2) is 54.8 Å². The van der Waals surface area contributed by atoms with E-state index < -0.39 is 41.9 Å². The number of amides is 1. The highest BCUT2D eigenvalue weighted by Crippen LogP contribution is 2.35. The number of nitrogens with zero attached hydrogens (tertiary/aromatic N) is 2. The van der Waals surface area contributed by atoms with Crippen LogP contribution in [0.2, 0.25) is 0 Å². The van der Waals surface area contributed by atoms with Crippen LogP contribution in [0.1, 0.15) is 46.1 Å². The van der Waals surface area contributed by atoms with Crippen molar-refractivity contribution in [3.63, 3.8) is 0 Å². The molecule has 1 saturated heterocycles. The number of piperidine rings is 1. The molecule has 3 N–H and O–H groups in total. The molecule has 1 amide bonds. The third-order valence-electron chi connectivity index (χ3n) is 6.27. The molecule has 2 atom stereocenters. The summed E-state index contributed by atoms with van der Waals surface area (Å²) in [5, 5.41) is 15.0. The maximum atomic E-state index is 14.6. The van der Waals surface area contributed by atoms with Crippen molar-refractivity contribution in [2.45, 2.75) is 52.5 Å². The van der Waals surface area contributed by atoms with Crippen LogP contribution in [0.15, 0.2) is 58.0 Å². The third-order valence-corrected chi connectivity index (χ3v) is 6.59. The molecule has 1 aromatic rings. The minimum Gasteiger partial charge on any atom is -0.393 e. The van der Waals surface area contributed by atoms with Gasteiger partial charge in [0.15, 0.2) is 0 Å². The fourth-order valence-electron chi connectivity index (χ4n) is 4.09. The Bertz CT molecular complexity index is 1100. The van der Waals surface area contributed by atoms with Crippen molar-refractivity contribution in [2.75, 3.05) is 20.1 Å². The van der Waals surface area contributed by atoms with Crippen molar-refractivity contribution in [1.29, 1.82) is 5.41 Å². The molecule has 0 bridgehead atoms. The summed E-state index contributed by atoms with van der Waals surface area (Å²) in [6.07, 6.45) is 4.94. The summed E-state index contributed by atoms with van der Waals surface area (Å²) in [7, 11) is 1.59. The van der Waals surface area contributed by atoms with Gasteiger partial charge in [-0.1, -0.05) is 43.7 Å². The average molecular weight is 538 g/mol. The lowest BCUT2D eigenvalue weighted by Gasteiger charge is -2.43. The number of benzene rings is 1. The number of hydrogen-bond acceptors (Lipinski definition) is 5. The fourth-order valence-corrected chi connectivity index (χ4v) is 4.14. The Morgan fingerprint density at radius 1 is 1.32 bits per heavy atom. The van der Waals surface area contributed by atoms with Crippen LogP contribution in [0.5, 0.6) is 0 Å². The van der Waals surface area contributed by atoms with Gasteiger partial charge < -0.3 is 15.5 Å². The number of hydrogen-bond donors (Lipinski definition) is 3. The zero-order chi connectivity index (χ0) is 27.8.